The molecule has 0 saturated carbocycles. The van der Waals surface area contributed by atoms with Crippen LogP contribution < -0.4 is 9.47 Å². The SMILES string of the molecule is O=[N+]([O-])c1ccc2c(c1)OC[C@H](CO)O2. The second kappa shape index (κ2) is 3.74. The molecule has 0 unspecified atom stereocenters. The van der Waals surface area contributed by atoms with Gasteiger partial charge < -0.3 is 14.6 Å². The van der Waals surface area contributed by atoms with Crippen LogP contribution in [0.5, 0.6) is 11.5 Å². The van der Waals surface area contributed by atoms with E-state index >= 15 is 0 Å². The van der Waals surface area contributed by atoms with Gasteiger partial charge in [-0.3, -0.25) is 10.1 Å². The minimum absolute atomic E-state index is 0.0419. The number of aliphatic hydroxyl groups excluding tert-OH is 1. The number of ether oxygens (including phenoxy) is 2. The van der Waals surface area contributed by atoms with Crippen molar-refractivity contribution in [1.29, 1.82) is 0 Å². The summed E-state index contributed by atoms with van der Waals surface area (Å²) in [4.78, 5) is 9.98. The van der Waals surface area contributed by atoms with Gasteiger partial charge in [-0.15, -0.1) is 0 Å². The zero-order valence-electron chi connectivity index (χ0n) is 7.75. The topological polar surface area (TPSA) is 81.8 Å². The number of nitro groups is 1. The Hall–Kier alpha value is -1.82. The standard InChI is InChI=1S/C9H9NO5/c11-4-7-5-14-9-3-6(10(12)13)1-2-8(9)15-7/h1-3,7,11H,4-5H2/t7-/m0/s1. The third-order valence-corrected chi connectivity index (χ3v) is 2.06. The van der Waals surface area contributed by atoms with E-state index < -0.39 is 11.0 Å². The fraction of sp³-hybridized carbons (Fsp3) is 0.333. The Morgan fingerprint density at radius 2 is 2.33 bits per heavy atom. The lowest BCUT2D eigenvalue weighted by atomic mass is 10.2. The summed E-state index contributed by atoms with van der Waals surface area (Å²) in [6.45, 7) is 0.0566. The Balaban J connectivity index is 2.28. The van der Waals surface area contributed by atoms with Crippen LogP contribution in [-0.4, -0.2) is 29.3 Å². The van der Waals surface area contributed by atoms with Gasteiger partial charge in [0.15, 0.2) is 17.6 Å². The molecule has 1 N–H and O–H groups in total. The number of benzene rings is 1. The molecule has 0 bridgehead atoms. The highest BCUT2D eigenvalue weighted by atomic mass is 16.6. The van der Waals surface area contributed by atoms with Crippen LogP contribution in [0.15, 0.2) is 18.2 Å². The van der Waals surface area contributed by atoms with E-state index in [0.717, 1.165) is 0 Å². The molecule has 1 aromatic rings. The van der Waals surface area contributed by atoms with Gasteiger partial charge in [0.05, 0.1) is 17.6 Å². The van der Waals surface area contributed by atoms with Gasteiger partial charge in [-0.2, -0.15) is 0 Å². The average molecular weight is 211 g/mol. The molecular weight excluding hydrogens is 202 g/mol. The molecule has 0 fully saturated rings. The molecule has 0 aliphatic carbocycles. The molecular formula is C9H9NO5. The minimum atomic E-state index is -0.498. The van der Waals surface area contributed by atoms with Crippen LogP contribution in [0.2, 0.25) is 0 Å². The van der Waals surface area contributed by atoms with E-state index in [4.69, 9.17) is 14.6 Å². The van der Waals surface area contributed by atoms with Crippen LogP contribution in [0.3, 0.4) is 0 Å². The maximum atomic E-state index is 10.5. The summed E-state index contributed by atoms with van der Waals surface area (Å²) in [7, 11) is 0. The van der Waals surface area contributed by atoms with Crippen LogP contribution in [0.1, 0.15) is 0 Å². The van der Waals surface area contributed by atoms with Crippen molar-refractivity contribution in [2.24, 2.45) is 0 Å². The Bertz CT molecular complexity index is 392. The minimum Gasteiger partial charge on any atom is -0.485 e. The number of fused-ring (bicyclic) bond motifs is 1. The van der Waals surface area contributed by atoms with Crippen molar-refractivity contribution in [2.75, 3.05) is 13.2 Å². The van der Waals surface area contributed by atoms with Gasteiger partial charge >= 0.3 is 0 Å². The second-order valence-electron chi connectivity index (χ2n) is 3.12. The van der Waals surface area contributed by atoms with Crippen LogP contribution >= 0.6 is 0 Å². The van der Waals surface area contributed by atoms with Crippen LogP contribution in [0.4, 0.5) is 5.69 Å². The third-order valence-electron chi connectivity index (χ3n) is 2.06. The van der Waals surface area contributed by atoms with Crippen LogP contribution in [-0.2, 0) is 0 Å². The average Bonchev–Trinajstić information content (AvgIpc) is 2.27. The van der Waals surface area contributed by atoms with Crippen molar-refractivity contribution >= 4 is 5.69 Å². The molecule has 0 radical (unpaired) electrons. The predicted octanol–water partition coefficient (Wildman–Crippen LogP) is 0.727. The smallest absolute Gasteiger partial charge is 0.273 e. The molecule has 2 rings (SSSR count). The Morgan fingerprint density at radius 3 is 3.00 bits per heavy atom. The lowest BCUT2D eigenvalue weighted by Crippen LogP contribution is -2.32. The monoisotopic (exact) mass is 211 g/mol. The molecule has 0 amide bonds. The Kier molecular flexibility index (Phi) is 2.42. The summed E-state index contributed by atoms with van der Waals surface area (Å²) >= 11 is 0. The molecule has 80 valence electrons. The zero-order valence-corrected chi connectivity index (χ0v) is 7.75. The maximum Gasteiger partial charge on any atom is 0.273 e. The van der Waals surface area contributed by atoms with Crippen LogP contribution in [0.25, 0.3) is 0 Å². The molecule has 0 saturated heterocycles. The molecule has 1 aliphatic heterocycles. The van der Waals surface area contributed by atoms with E-state index in [9.17, 15) is 10.1 Å². The number of non-ortho nitro benzene ring substituents is 1. The van der Waals surface area contributed by atoms with E-state index in [1.165, 1.54) is 18.2 Å². The van der Waals surface area contributed by atoms with Gasteiger partial charge in [-0.05, 0) is 6.07 Å². The first-order valence-electron chi connectivity index (χ1n) is 4.39. The Morgan fingerprint density at radius 1 is 1.53 bits per heavy atom. The van der Waals surface area contributed by atoms with E-state index in [1.807, 2.05) is 0 Å². The highest BCUT2D eigenvalue weighted by Crippen LogP contribution is 2.34. The van der Waals surface area contributed by atoms with Crippen molar-refractivity contribution < 1.29 is 19.5 Å². The van der Waals surface area contributed by atoms with Gasteiger partial charge in [0.1, 0.15) is 6.61 Å². The number of rotatable bonds is 2. The lowest BCUT2D eigenvalue weighted by Gasteiger charge is -2.24. The summed E-state index contributed by atoms with van der Waals surface area (Å²) in [5.74, 6) is 0.764. The van der Waals surface area contributed by atoms with Gasteiger partial charge in [-0.1, -0.05) is 0 Å². The predicted molar refractivity (Wildman–Crippen MR) is 50.1 cm³/mol. The van der Waals surface area contributed by atoms with E-state index in [-0.39, 0.29) is 18.9 Å². The molecule has 15 heavy (non-hydrogen) atoms. The maximum absolute atomic E-state index is 10.5. The lowest BCUT2D eigenvalue weighted by molar-refractivity contribution is -0.385. The molecule has 1 aromatic carbocycles. The molecule has 1 heterocycles. The highest BCUT2D eigenvalue weighted by molar-refractivity contribution is 5.49. The summed E-state index contributed by atoms with van der Waals surface area (Å²) in [6, 6.07) is 4.11. The van der Waals surface area contributed by atoms with Crippen molar-refractivity contribution in [2.45, 2.75) is 6.10 Å². The molecule has 1 aliphatic rings. The summed E-state index contributed by atoms with van der Waals surface area (Å²) in [5.41, 5.74) is -0.0419. The van der Waals surface area contributed by atoms with E-state index in [0.29, 0.717) is 11.5 Å². The number of nitro benzene ring substituents is 1. The van der Waals surface area contributed by atoms with Crippen molar-refractivity contribution in [3.05, 3.63) is 28.3 Å². The molecule has 1 atom stereocenters. The van der Waals surface area contributed by atoms with Gasteiger partial charge in [0.2, 0.25) is 0 Å². The van der Waals surface area contributed by atoms with Crippen molar-refractivity contribution in [3.63, 3.8) is 0 Å². The largest absolute Gasteiger partial charge is 0.485 e. The number of hydrogen-bond donors (Lipinski definition) is 1. The first kappa shape index (κ1) is 9.72. The van der Waals surface area contributed by atoms with Gasteiger partial charge in [0.25, 0.3) is 5.69 Å². The summed E-state index contributed by atoms with van der Waals surface area (Å²) < 4.78 is 10.5. The van der Waals surface area contributed by atoms with E-state index in [1.54, 1.807) is 0 Å². The molecule has 6 nitrogen and oxygen atoms in total. The first-order valence-corrected chi connectivity index (χ1v) is 4.39. The summed E-state index contributed by atoms with van der Waals surface area (Å²) in [6.07, 6.45) is -0.404. The van der Waals surface area contributed by atoms with E-state index in [2.05, 4.69) is 0 Å². The van der Waals surface area contributed by atoms with Crippen molar-refractivity contribution in [3.8, 4) is 11.5 Å². The summed E-state index contributed by atoms with van der Waals surface area (Å²) in [5, 5.41) is 19.3. The fourth-order valence-corrected chi connectivity index (χ4v) is 1.31. The van der Waals surface area contributed by atoms with Gasteiger partial charge in [0, 0.05) is 6.07 Å². The Labute approximate surface area is 85.2 Å². The quantitative estimate of drug-likeness (QED) is 0.576. The molecule has 6 heteroatoms. The van der Waals surface area contributed by atoms with Crippen LogP contribution in [0, 0.1) is 10.1 Å². The normalized spacial score (nSPS) is 18.6. The van der Waals surface area contributed by atoms with Gasteiger partial charge in [-0.25, -0.2) is 0 Å². The third kappa shape index (κ3) is 1.84. The highest BCUT2D eigenvalue weighted by Gasteiger charge is 2.22. The number of hydrogen-bond acceptors (Lipinski definition) is 5. The molecule has 0 aromatic heterocycles. The molecule has 0 spiro atoms. The second-order valence-corrected chi connectivity index (χ2v) is 3.12. The number of aliphatic hydroxyl groups is 1. The first-order chi connectivity index (χ1) is 7.20. The van der Waals surface area contributed by atoms with Crippen molar-refractivity contribution in [1.82, 2.24) is 0 Å². The fourth-order valence-electron chi connectivity index (χ4n) is 1.31. The number of nitrogens with zero attached hydrogens (tertiary/aromatic N) is 1. The zero-order chi connectivity index (χ0) is 10.8.